The van der Waals surface area contributed by atoms with Crippen LogP contribution in [0.5, 0.6) is 0 Å². The third-order valence-corrected chi connectivity index (χ3v) is 6.01. The number of hydrogen-bond acceptors (Lipinski definition) is 4. The topological polar surface area (TPSA) is 59.5 Å². The molecule has 1 fully saturated rings. The van der Waals surface area contributed by atoms with E-state index in [-0.39, 0.29) is 12.5 Å². The van der Waals surface area contributed by atoms with E-state index in [4.69, 9.17) is 9.72 Å². The molecule has 154 valence electrons. The van der Waals surface area contributed by atoms with Crippen LogP contribution in [0, 0.1) is 5.92 Å². The van der Waals surface area contributed by atoms with Crippen LogP contribution in [0.3, 0.4) is 0 Å². The van der Waals surface area contributed by atoms with Crippen LogP contribution in [0.2, 0.25) is 0 Å². The molecule has 0 atom stereocenters. The highest BCUT2D eigenvalue weighted by molar-refractivity contribution is 9.10. The Bertz CT molecular complexity index is 1090. The van der Waals surface area contributed by atoms with Gasteiger partial charge in [-0.3, -0.25) is 4.79 Å². The number of esters is 1. The quantitative estimate of drug-likeness (QED) is 0.503. The van der Waals surface area contributed by atoms with Gasteiger partial charge >= 0.3 is 5.97 Å². The van der Waals surface area contributed by atoms with Crippen LogP contribution < -0.4 is 0 Å². The number of carbonyl (C=O) groups excluding carboxylic acids is 2. The number of amides is 1. The second-order valence-corrected chi connectivity index (χ2v) is 8.64. The number of rotatable bonds is 4. The van der Waals surface area contributed by atoms with E-state index in [9.17, 15) is 9.59 Å². The van der Waals surface area contributed by atoms with Gasteiger partial charge in [-0.1, -0.05) is 53.2 Å². The minimum absolute atomic E-state index is 0.138. The number of hydrogen-bond donors (Lipinski definition) is 0. The molecule has 2 aromatic carbocycles. The summed E-state index contributed by atoms with van der Waals surface area (Å²) in [6, 6.07) is 16.9. The smallest absolute Gasteiger partial charge is 0.339 e. The monoisotopic (exact) mass is 466 g/mol. The van der Waals surface area contributed by atoms with Gasteiger partial charge in [0.25, 0.3) is 5.91 Å². The lowest BCUT2D eigenvalue weighted by Gasteiger charge is -2.30. The Kier molecular flexibility index (Phi) is 6.13. The normalized spacial score (nSPS) is 14.7. The molecule has 5 nitrogen and oxygen atoms in total. The molecule has 1 aliphatic heterocycles. The van der Waals surface area contributed by atoms with Crippen LogP contribution in [-0.4, -0.2) is 41.5 Å². The summed E-state index contributed by atoms with van der Waals surface area (Å²) in [6.07, 6.45) is 1.98. The fourth-order valence-electron chi connectivity index (χ4n) is 3.69. The van der Waals surface area contributed by atoms with Crippen LogP contribution in [-0.2, 0) is 9.53 Å². The number of para-hydroxylation sites is 1. The Labute approximate surface area is 184 Å². The van der Waals surface area contributed by atoms with E-state index in [0.29, 0.717) is 28.1 Å². The van der Waals surface area contributed by atoms with Crippen molar-refractivity contribution in [1.82, 2.24) is 9.88 Å². The Balaban J connectivity index is 1.58. The van der Waals surface area contributed by atoms with E-state index in [1.165, 1.54) is 0 Å². The highest BCUT2D eigenvalue weighted by Gasteiger charge is 2.22. The molecule has 0 spiro atoms. The summed E-state index contributed by atoms with van der Waals surface area (Å²) in [7, 11) is 0. The first-order valence-electron chi connectivity index (χ1n) is 10.1. The van der Waals surface area contributed by atoms with Gasteiger partial charge in [0.1, 0.15) is 0 Å². The second-order valence-electron chi connectivity index (χ2n) is 7.72. The zero-order valence-corrected chi connectivity index (χ0v) is 18.4. The third-order valence-electron chi connectivity index (χ3n) is 5.52. The molecule has 0 radical (unpaired) electrons. The molecular weight excluding hydrogens is 444 g/mol. The van der Waals surface area contributed by atoms with Crippen LogP contribution in [0.25, 0.3) is 22.2 Å². The number of pyridine rings is 1. The number of nitrogens with zero attached hydrogens (tertiary/aromatic N) is 2. The lowest BCUT2D eigenvalue weighted by Crippen LogP contribution is -2.40. The summed E-state index contributed by atoms with van der Waals surface area (Å²) in [6.45, 7) is 3.40. The largest absolute Gasteiger partial charge is 0.452 e. The molecule has 1 amide bonds. The van der Waals surface area contributed by atoms with Crippen molar-refractivity contribution in [2.75, 3.05) is 19.7 Å². The summed E-state index contributed by atoms with van der Waals surface area (Å²) in [5.41, 5.74) is 2.69. The summed E-state index contributed by atoms with van der Waals surface area (Å²) >= 11 is 3.48. The highest BCUT2D eigenvalue weighted by atomic mass is 79.9. The van der Waals surface area contributed by atoms with Crippen molar-refractivity contribution in [2.24, 2.45) is 5.92 Å². The molecule has 4 rings (SSSR count). The van der Waals surface area contributed by atoms with Crippen LogP contribution >= 0.6 is 15.9 Å². The maximum atomic E-state index is 12.9. The molecule has 3 aromatic rings. The van der Waals surface area contributed by atoms with E-state index in [1.807, 2.05) is 48.5 Å². The van der Waals surface area contributed by atoms with E-state index < -0.39 is 5.97 Å². The molecule has 0 saturated carbocycles. The van der Waals surface area contributed by atoms with Gasteiger partial charge in [0.15, 0.2) is 6.61 Å². The van der Waals surface area contributed by atoms with Gasteiger partial charge in [-0.2, -0.15) is 0 Å². The number of benzene rings is 2. The van der Waals surface area contributed by atoms with Crippen molar-refractivity contribution in [3.05, 3.63) is 64.6 Å². The number of ether oxygens (including phenoxy) is 1. The van der Waals surface area contributed by atoms with Gasteiger partial charge in [-0.05, 0) is 43.0 Å². The molecule has 1 saturated heterocycles. The SMILES string of the molecule is CC1CCN(C(=O)COC(=O)c2cc(-c3cccc(Br)c3)nc3ccccc23)CC1. The molecular formula is C24H23BrN2O3. The standard InChI is InChI=1S/C24H23BrN2O3/c1-16-9-11-27(12-10-16)23(28)15-30-24(29)20-14-22(17-5-4-6-18(25)13-17)26-21-8-3-2-7-19(20)21/h2-8,13-14,16H,9-12,15H2,1H3. The Morgan fingerprint density at radius 2 is 1.87 bits per heavy atom. The second kappa shape index (κ2) is 8.96. The van der Waals surface area contributed by atoms with Crippen LogP contribution in [0.15, 0.2) is 59.1 Å². The van der Waals surface area contributed by atoms with Gasteiger partial charge in [0, 0.05) is 28.5 Å². The number of likely N-dealkylation sites (tertiary alicyclic amines) is 1. The van der Waals surface area contributed by atoms with E-state index >= 15 is 0 Å². The lowest BCUT2D eigenvalue weighted by molar-refractivity contribution is -0.135. The molecule has 6 heteroatoms. The van der Waals surface area contributed by atoms with Gasteiger partial charge in [-0.15, -0.1) is 0 Å². The molecule has 1 aromatic heterocycles. The molecule has 30 heavy (non-hydrogen) atoms. The zero-order chi connectivity index (χ0) is 21.1. The maximum absolute atomic E-state index is 12.9. The summed E-state index contributed by atoms with van der Waals surface area (Å²) in [4.78, 5) is 31.9. The van der Waals surface area contributed by atoms with Gasteiger partial charge in [0.05, 0.1) is 16.8 Å². The molecule has 0 unspecified atom stereocenters. The van der Waals surface area contributed by atoms with Crippen molar-refractivity contribution in [2.45, 2.75) is 19.8 Å². The van der Waals surface area contributed by atoms with Crippen molar-refractivity contribution in [1.29, 1.82) is 0 Å². The van der Waals surface area contributed by atoms with E-state index in [1.54, 1.807) is 11.0 Å². The summed E-state index contributed by atoms with van der Waals surface area (Å²) in [5.74, 6) is -0.0133. The molecule has 2 heterocycles. The highest BCUT2D eigenvalue weighted by Crippen LogP contribution is 2.27. The maximum Gasteiger partial charge on any atom is 0.339 e. The average molecular weight is 467 g/mol. The van der Waals surface area contributed by atoms with Gasteiger partial charge < -0.3 is 9.64 Å². The number of fused-ring (bicyclic) bond motifs is 1. The van der Waals surface area contributed by atoms with Crippen LogP contribution in [0.1, 0.15) is 30.1 Å². The minimum Gasteiger partial charge on any atom is -0.452 e. The number of aromatic nitrogens is 1. The summed E-state index contributed by atoms with van der Waals surface area (Å²) in [5, 5.41) is 0.709. The number of halogens is 1. The van der Waals surface area contributed by atoms with Gasteiger partial charge in [0.2, 0.25) is 0 Å². The lowest BCUT2D eigenvalue weighted by atomic mass is 9.99. The molecule has 0 N–H and O–H groups in total. The predicted molar refractivity (Wildman–Crippen MR) is 120 cm³/mol. The first-order chi connectivity index (χ1) is 14.5. The third kappa shape index (κ3) is 4.54. The summed E-state index contributed by atoms with van der Waals surface area (Å²) < 4.78 is 6.36. The van der Waals surface area contributed by atoms with E-state index in [0.717, 1.165) is 36.0 Å². The van der Waals surface area contributed by atoms with Crippen molar-refractivity contribution in [3.8, 4) is 11.3 Å². The Hall–Kier alpha value is -2.73. The average Bonchev–Trinajstić information content (AvgIpc) is 2.77. The molecule has 0 aliphatic carbocycles. The van der Waals surface area contributed by atoms with Crippen molar-refractivity contribution < 1.29 is 14.3 Å². The molecule has 1 aliphatic rings. The minimum atomic E-state index is -0.511. The van der Waals surface area contributed by atoms with E-state index in [2.05, 4.69) is 22.9 Å². The van der Waals surface area contributed by atoms with Crippen LogP contribution in [0.4, 0.5) is 0 Å². The zero-order valence-electron chi connectivity index (χ0n) is 16.8. The first-order valence-corrected chi connectivity index (χ1v) is 10.9. The fraction of sp³-hybridized carbons (Fsp3) is 0.292. The Morgan fingerprint density at radius 3 is 2.63 bits per heavy atom. The fourth-order valence-corrected chi connectivity index (χ4v) is 4.09. The number of piperidine rings is 1. The van der Waals surface area contributed by atoms with Gasteiger partial charge in [-0.25, -0.2) is 9.78 Å². The predicted octanol–water partition coefficient (Wildman–Crippen LogP) is 5.08. The Morgan fingerprint density at radius 1 is 1.10 bits per heavy atom. The number of carbonyl (C=O) groups is 2. The first kappa shape index (κ1) is 20.5. The van der Waals surface area contributed by atoms with Crippen molar-refractivity contribution >= 4 is 38.7 Å². The van der Waals surface area contributed by atoms with Crippen molar-refractivity contribution in [3.63, 3.8) is 0 Å². The molecule has 0 bridgehead atoms.